The Hall–Kier alpha value is -1.33. The summed E-state index contributed by atoms with van der Waals surface area (Å²) in [5.41, 5.74) is 0.555. The molecule has 5 heteroatoms. The minimum Gasteiger partial charge on any atom is -0.472 e. The van der Waals surface area contributed by atoms with Gasteiger partial charge in [0.2, 0.25) is 0 Å². The third-order valence-corrected chi connectivity index (χ3v) is 2.91. The van der Waals surface area contributed by atoms with E-state index in [4.69, 9.17) is 13.9 Å². The second-order valence-electron chi connectivity index (χ2n) is 4.43. The van der Waals surface area contributed by atoms with E-state index < -0.39 is 0 Å². The van der Waals surface area contributed by atoms with Crippen LogP contribution in [0.5, 0.6) is 0 Å². The van der Waals surface area contributed by atoms with E-state index in [-0.39, 0.29) is 5.91 Å². The lowest BCUT2D eigenvalue weighted by Crippen LogP contribution is -2.25. The van der Waals surface area contributed by atoms with Crippen molar-refractivity contribution in [1.29, 1.82) is 0 Å². The zero-order chi connectivity index (χ0) is 12.6. The van der Waals surface area contributed by atoms with Crippen LogP contribution in [0, 0.1) is 5.92 Å². The Kier molecular flexibility index (Phi) is 5.23. The SMILES string of the molecule is O=C(NCCCOC[C@@H]1CCOC1)c1ccoc1. The molecular formula is C13H19NO4. The van der Waals surface area contributed by atoms with Gasteiger partial charge in [0.25, 0.3) is 5.91 Å². The molecule has 1 fully saturated rings. The van der Waals surface area contributed by atoms with E-state index in [1.54, 1.807) is 6.07 Å². The molecule has 1 aliphatic rings. The van der Waals surface area contributed by atoms with Gasteiger partial charge in [-0.25, -0.2) is 0 Å². The summed E-state index contributed by atoms with van der Waals surface area (Å²) in [6, 6.07) is 1.64. The second-order valence-corrected chi connectivity index (χ2v) is 4.43. The molecule has 1 aromatic heterocycles. The monoisotopic (exact) mass is 253 g/mol. The molecule has 0 bridgehead atoms. The summed E-state index contributed by atoms with van der Waals surface area (Å²) >= 11 is 0. The third-order valence-electron chi connectivity index (χ3n) is 2.91. The largest absolute Gasteiger partial charge is 0.472 e. The van der Waals surface area contributed by atoms with Gasteiger partial charge in [0, 0.05) is 25.7 Å². The highest BCUT2D eigenvalue weighted by molar-refractivity contribution is 5.93. The maximum Gasteiger partial charge on any atom is 0.254 e. The first-order valence-corrected chi connectivity index (χ1v) is 6.32. The molecule has 2 rings (SSSR count). The van der Waals surface area contributed by atoms with E-state index in [1.807, 2.05) is 0 Å². The van der Waals surface area contributed by atoms with Crippen LogP contribution >= 0.6 is 0 Å². The highest BCUT2D eigenvalue weighted by Gasteiger charge is 2.15. The molecule has 2 heterocycles. The maximum atomic E-state index is 11.5. The van der Waals surface area contributed by atoms with Crippen LogP contribution in [0.15, 0.2) is 23.0 Å². The number of hydrogen-bond acceptors (Lipinski definition) is 4. The number of amides is 1. The summed E-state index contributed by atoms with van der Waals surface area (Å²) in [5, 5.41) is 2.81. The first-order valence-electron chi connectivity index (χ1n) is 6.32. The van der Waals surface area contributed by atoms with E-state index in [0.29, 0.717) is 24.6 Å². The first-order chi connectivity index (χ1) is 8.86. The van der Waals surface area contributed by atoms with Gasteiger partial charge in [0.1, 0.15) is 6.26 Å². The van der Waals surface area contributed by atoms with Gasteiger partial charge < -0.3 is 19.2 Å². The van der Waals surface area contributed by atoms with E-state index in [1.165, 1.54) is 12.5 Å². The Morgan fingerprint density at radius 1 is 1.56 bits per heavy atom. The minimum absolute atomic E-state index is 0.104. The van der Waals surface area contributed by atoms with Crippen LogP contribution in [-0.2, 0) is 9.47 Å². The van der Waals surface area contributed by atoms with Crippen molar-refractivity contribution < 1.29 is 18.7 Å². The van der Waals surface area contributed by atoms with Crippen molar-refractivity contribution in [3.8, 4) is 0 Å². The Morgan fingerprint density at radius 3 is 3.22 bits per heavy atom. The molecule has 1 aromatic rings. The number of hydrogen-bond donors (Lipinski definition) is 1. The molecule has 1 N–H and O–H groups in total. The summed E-state index contributed by atoms with van der Waals surface area (Å²) < 4.78 is 15.6. The molecule has 0 radical (unpaired) electrons. The lowest BCUT2D eigenvalue weighted by atomic mass is 10.1. The minimum atomic E-state index is -0.104. The number of rotatable bonds is 7. The van der Waals surface area contributed by atoms with Gasteiger partial charge in [0.15, 0.2) is 0 Å². The van der Waals surface area contributed by atoms with Gasteiger partial charge in [-0.1, -0.05) is 0 Å². The van der Waals surface area contributed by atoms with Crippen molar-refractivity contribution in [3.05, 3.63) is 24.2 Å². The van der Waals surface area contributed by atoms with Gasteiger partial charge >= 0.3 is 0 Å². The number of carbonyl (C=O) groups excluding carboxylic acids is 1. The van der Waals surface area contributed by atoms with Gasteiger partial charge in [-0.2, -0.15) is 0 Å². The van der Waals surface area contributed by atoms with Crippen LogP contribution in [0.4, 0.5) is 0 Å². The van der Waals surface area contributed by atoms with Crippen molar-refractivity contribution in [2.75, 3.05) is 33.0 Å². The van der Waals surface area contributed by atoms with Gasteiger partial charge in [-0.15, -0.1) is 0 Å². The standard InChI is InChI=1S/C13H19NO4/c15-13(12-3-7-18-10-12)14-4-1-5-16-8-11-2-6-17-9-11/h3,7,10-11H,1-2,4-6,8-9H2,(H,14,15)/t11-/m0/s1. The highest BCUT2D eigenvalue weighted by atomic mass is 16.5. The Bertz CT molecular complexity index is 344. The van der Waals surface area contributed by atoms with Gasteiger partial charge in [-0.05, 0) is 18.9 Å². The lowest BCUT2D eigenvalue weighted by molar-refractivity contribution is 0.0853. The fraction of sp³-hybridized carbons (Fsp3) is 0.615. The number of nitrogens with one attached hydrogen (secondary N) is 1. The molecule has 100 valence electrons. The molecule has 0 aromatic carbocycles. The molecule has 18 heavy (non-hydrogen) atoms. The molecule has 1 amide bonds. The molecule has 1 saturated heterocycles. The average Bonchev–Trinajstić information content (AvgIpc) is 3.05. The van der Waals surface area contributed by atoms with Gasteiger partial charge in [0.05, 0.1) is 25.0 Å². The van der Waals surface area contributed by atoms with Crippen molar-refractivity contribution in [2.24, 2.45) is 5.92 Å². The Labute approximate surface area is 106 Å². The Balaban J connectivity index is 1.47. The van der Waals surface area contributed by atoms with Crippen LogP contribution in [0.2, 0.25) is 0 Å². The van der Waals surface area contributed by atoms with Crippen LogP contribution in [-0.4, -0.2) is 38.9 Å². The summed E-state index contributed by atoms with van der Waals surface area (Å²) in [4.78, 5) is 11.5. The number of ether oxygens (including phenoxy) is 2. The molecule has 0 aliphatic carbocycles. The molecule has 0 unspecified atom stereocenters. The van der Waals surface area contributed by atoms with Crippen LogP contribution in [0.1, 0.15) is 23.2 Å². The fourth-order valence-electron chi connectivity index (χ4n) is 1.84. The normalized spacial score (nSPS) is 19.0. The molecule has 1 atom stereocenters. The van der Waals surface area contributed by atoms with Crippen LogP contribution < -0.4 is 5.32 Å². The number of furan rings is 1. The zero-order valence-electron chi connectivity index (χ0n) is 10.4. The second kappa shape index (κ2) is 7.18. The summed E-state index contributed by atoms with van der Waals surface area (Å²) in [7, 11) is 0. The van der Waals surface area contributed by atoms with E-state index >= 15 is 0 Å². The fourth-order valence-corrected chi connectivity index (χ4v) is 1.84. The Morgan fingerprint density at radius 2 is 2.50 bits per heavy atom. The topological polar surface area (TPSA) is 60.7 Å². The van der Waals surface area contributed by atoms with E-state index in [0.717, 1.165) is 32.7 Å². The maximum absolute atomic E-state index is 11.5. The molecule has 5 nitrogen and oxygen atoms in total. The van der Waals surface area contributed by atoms with Gasteiger partial charge in [-0.3, -0.25) is 4.79 Å². The molecule has 0 spiro atoms. The van der Waals surface area contributed by atoms with E-state index in [9.17, 15) is 4.79 Å². The first kappa shape index (κ1) is 13.1. The highest BCUT2D eigenvalue weighted by Crippen LogP contribution is 2.12. The third kappa shape index (κ3) is 4.16. The van der Waals surface area contributed by atoms with E-state index in [2.05, 4.69) is 5.32 Å². The summed E-state index contributed by atoms with van der Waals surface area (Å²) in [5.74, 6) is 0.443. The van der Waals surface area contributed by atoms with Crippen LogP contribution in [0.25, 0.3) is 0 Å². The molecular weight excluding hydrogens is 234 g/mol. The van der Waals surface area contributed by atoms with Crippen LogP contribution in [0.3, 0.4) is 0 Å². The van der Waals surface area contributed by atoms with Crippen molar-refractivity contribution in [1.82, 2.24) is 5.32 Å². The zero-order valence-corrected chi connectivity index (χ0v) is 10.4. The van der Waals surface area contributed by atoms with Crippen molar-refractivity contribution in [2.45, 2.75) is 12.8 Å². The molecule has 1 aliphatic heterocycles. The smallest absolute Gasteiger partial charge is 0.254 e. The summed E-state index contributed by atoms with van der Waals surface area (Å²) in [6.45, 7) is 3.72. The summed E-state index contributed by atoms with van der Waals surface area (Å²) in [6.07, 6.45) is 4.84. The predicted molar refractivity (Wildman–Crippen MR) is 65.4 cm³/mol. The quantitative estimate of drug-likeness (QED) is 0.747. The molecule has 0 saturated carbocycles. The number of carbonyl (C=O) groups is 1. The average molecular weight is 253 g/mol. The lowest BCUT2D eigenvalue weighted by Gasteiger charge is -2.08. The predicted octanol–water partition coefficient (Wildman–Crippen LogP) is 1.45. The van der Waals surface area contributed by atoms with Crippen molar-refractivity contribution in [3.63, 3.8) is 0 Å². The van der Waals surface area contributed by atoms with Crippen molar-refractivity contribution >= 4 is 5.91 Å².